The molecule has 0 aliphatic heterocycles. The normalized spacial score (nSPS) is 12.7. The van der Waals surface area contributed by atoms with Crippen LogP contribution in [0.25, 0.3) is 0 Å². The number of ether oxygens (including phenoxy) is 2. The van der Waals surface area contributed by atoms with E-state index < -0.39 is 28.0 Å². The molecule has 0 amide bonds. The number of nitrogens with one attached hydrogen (secondary N) is 1. The minimum atomic E-state index is -4.22. The van der Waals surface area contributed by atoms with Crippen LogP contribution < -0.4 is 9.46 Å². The molecule has 0 aliphatic rings. The van der Waals surface area contributed by atoms with Gasteiger partial charge in [0, 0.05) is 0 Å². The summed E-state index contributed by atoms with van der Waals surface area (Å²) < 4.78 is 36.8. The van der Waals surface area contributed by atoms with E-state index >= 15 is 0 Å². The van der Waals surface area contributed by atoms with E-state index in [2.05, 4.69) is 9.46 Å². The number of carboxylic acids is 1. The van der Waals surface area contributed by atoms with Gasteiger partial charge in [0.25, 0.3) is 0 Å². The first-order valence-electron chi connectivity index (χ1n) is 7.13. The van der Waals surface area contributed by atoms with Gasteiger partial charge in [0.15, 0.2) is 0 Å². The number of carbonyl (C=O) groups is 2. The maximum absolute atomic E-state index is 12.6. The molecule has 1 unspecified atom stereocenters. The number of carbonyl (C=O) groups excluding carboxylic acids is 1. The summed E-state index contributed by atoms with van der Waals surface area (Å²) in [5.41, 5.74) is 0.00871. The van der Waals surface area contributed by atoms with Gasteiger partial charge in [-0.15, -0.1) is 0 Å². The van der Waals surface area contributed by atoms with Crippen molar-refractivity contribution in [3.05, 3.63) is 23.8 Å². The van der Waals surface area contributed by atoms with Crippen LogP contribution in [0, 0.1) is 5.92 Å². The summed E-state index contributed by atoms with van der Waals surface area (Å²) in [6, 6.07) is 2.45. The lowest BCUT2D eigenvalue weighted by Crippen LogP contribution is -2.41. The Labute approximate surface area is 140 Å². The minimum absolute atomic E-state index is 0.00871. The maximum Gasteiger partial charge on any atom is 0.337 e. The Hall–Kier alpha value is -2.13. The molecular formula is C15H21NO7S. The molecule has 1 aromatic rings. The van der Waals surface area contributed by atoms with Crippen LogP contribution in [0.15, 0.2) is 23.1 Å². The molecule has 0 aliphatic carbocycles. The van der Waals surface area contributed by atoms with Crippen molar-refractivity contribution < 1.29 is 32.6 Å². The van der Waals surface area contributed by atoms with Crippen LogP contribution in [0.1, 0.15) is 30.6 Å². The fourth-order valence-corrected chi connectivity index (χ4v) is 3.45. The zero-order valence-corrected chi connectivity index (χ0v) is 14.7. The van der Waals surface area contributed by atoms with Gasteiger partial charge in [0.05, 0.1) is 19.8 Å². The minimum Gasteiger partial charge on any atom is -0.495 e. The van der Waals surface area contributed by atoms with Crippen molar-refractivity contribution in [2.24, 2.45) is 5.92 Å². The van der Waals surface area contributed by atoms with Crippen molar-refractivity contribution in [3.8, 4) is 5.75 Å². The van der Waals surface area contributed by atoms with Gasteiger partial charge in [-0.25, -0.2) is 13.2 Å². The Morgan fingerprint density at radius 2 is 1.88 bits per heavy atom. The first-order chi connectivity index (χ1) is 11.1. The van der Waals surface area contributed by atoms with Crippen molar-refractivity contribution in [1.82, 2.24) is 4.72 Å². The summed E-state index contributed by atoms with van der Waals surface area (Å²) >= 11 is 0. The molecule has 8 nitrogen and oxygen atoms in total. The summed E-state index contributed by atoms with van der Waals surface area (Å²) in [6.45, 7) is 3.56. The van der Waals surface area contributed by atoms with E-state index in [1.807, 2.05) is 0 Å². The topological polar surface area (TPSA) is 119 Å². The predicted molar refractivity (Wildman–Crippen MR) is 85.5 cm³/mol. The first kappa shape index (κ1) is 19.9. The zero-order chi connectivity index (χ0) is 18.5. The van der Waals surface area contributed by atoms with Gasteiger partial charge >= 0.3 is 11.9 Å². The second kappa shape index (κ2) is 8.11. The number of methoxy groups -OCH3 is 2. The third-order valence-electron chi connectivity index (χ3n) is 3.18. The molecule has 0 saturated heterocycles. The quantitative estimate of drug-likeness (QED) is 0.671. The van der Waals surface area contributed by atoms with Crippen LogP contribution in [-0.4, -0.2) is 45.7 Å². The summed E-state index contributed by atoms with van der Waals surface area (Å²) in [6.07, 6.45) is 0.119. The van der Waals surface area contributed by atoms with E-state index in [1.54, 1.807) is 13.8 Å². The van der Waals surface area contributed by atoms with Gasteiger partial charge in [-0.3, -0.25) is 4.79 Å². The fourth-order valence-electron chi connectivity index (χ4n) is 2.05. The molecule has 0 saturated carbocycles. The highest BCUT2D eigenvalue weighted by molar-refractivity contribution is 7.89. The number of rotatable bonds is 8. The number of hydrogen-bond acceptors (Lipinski definition) is 6. The van der Waals surface area contributed by atoms with Crippen LogP contribution in [0.4, 0.5) is 0 Å². The van der Waals surface area contributed by atoms with Gasteiger partial charge in [-0.1, -0.05) is 13.8 Å². The average Bonchev–Trinajstić information content (AvgIpc) is 2.52. The Bertz CT molecular complexity index is 713. The predicted octanol–water partition coefficient (Wildman–Crippen LogP) is 1.26. The molecule has 1 rings (SSSR count). The van der Waals surface area contributed by atoms with Crippen LogP contribution in [0.2, 0.25) is 0 Å². The van der Waals surface area contributed by atoms with Crippen LogP contribution in [-0.2, 0) is 19.6 Å². The Balaban J connectivity index is 3.29. The highest BCUT2D eigenvalue weighted by atomic mass is 32.2. The van der Waals surface area contributed by atoms with Crippen LogP contribution >= 0.6 is 0 Å². The van der Waals surface area contributed by atoms with Gasteiger partial charge in [0.2, 0.25) is 10.0 Å². The maximum atomic E-state index is 12.6. The van der Waals surface area contributed by atoms with Crippen molar-refractivity contribution >= 4 is 22.0 Å². The lowest BCUT2D eigenvalue weighted by atomic mass is 10.1. The number of benzene rings is 1. The van der Waals surface area contributed by atoms with Crippen molar-refractivity contribution in [3.63, 3.8) is 0 Å². The molecule has 0 spiro atoms. The number of hydrogen-bond donors (Lipinski definition) is 2. The Morgan fingerprint density at radius 3 is 2.33 bits per heavy atom. The number of sulfonamides is 1. The van der Waals surface area contributed by atoms with E-state index in [9.17, 15) is 23.1 Å². The molecule has 24 heavy (non-hydrogen) atoms. The lowest BCUT2D eigenvalue weighted by molar-refractivity contribution is -0.139. The largest absolute Gasteiger partial charge is 0.495 e. The zero-order valence-electron chi connectivity index (χ0n) is 13.9. The molecular weight excluding hydrogens is 338 g/mol. The standard InChI is InChI=1S/C15H21NO7S/c1-9(2)7-11(14(17)18)16-24(20,21)13-8-10(15(19)23-4)5-6-12(13)22-3/h5-6,8-9,11,16H,7H2,1-4H3,(H,17,18). The monoisotopic (exact) mass is 359 g/mol. The lowest BCUT2D eigenvalue weighted by Gasteiger charge is -2.18. The second-order valence-corrected chi connectivity index (χ2v) is 7.18. The van der Waals surface area contributed by atoms with E-state index in [4.69, 9.17) is 4.74 Å². The third kappa shape index (κ3) is 4.93. The molecule has 134 valence electrons. The molecule has 0 fully saturated rings. The Kier molecular flexibility index (Phi) is 6.73. The fraction of sp³-hybridized carbons (Fsp3) is 0.467. The summed E-state index contributed by atoms with van der Waals surface area (Å²) in [7, 11) is -1.78. The van der Waals surface area contributed by atoms with Gasteiger partial charge in [-0.05, 0) is 30.5 Å². The van der Waals surface area contributed by atoms with Crippen molar-refractivity contribution in [1.29, 1.82) is 0 Å². The highest BCUT2D eigenvalue weighted by Gasteiger charge is 2.29. The highest BCUT2D eigenvalue weighted by Crippen LogP contribution is 2.26. The molecule has 1 atom stereocenters. The first-order valence-corrected chi connectivity index (χ1v) is 8.62. The molecule has 2 N–H and O–H groups in total. The van der Waals surface area contributed by atoms with Crippen LogP contribution in [0.3, 0.4) is 0 Å². The molecule has 0 bridgehead atoms. The van der Waals surface area contributed by atoms with Gasteiger partial charge < -0.3 is 14.6 Å². The van der Waals surface area contributed by atoms with Crippen molar-refractivity contribution in [2.75, 3.05) is 14.2 Å². The SMILES string of the molecule is COC(=O)c1ccc(OC)c(S(=O)(=O)NC(CC(C)C)C(=O)O)c1. The average molecular weight is 359 g/mol. The third-order valence-corrected chi connectivity index (χ3v) is 4.67. The molecule has 0 aromatic heterocycles. The van der Waals surface area contributed by atoms with E-state index in [1.165, 1.54) is 26.4 Å². The van der Waals surface area contributed by atoms with Gasteiger partial charge in [-0.2, -0.15) is 4.72 Å². The molecule has 0 radical (unpaired) electrons. The number of esters is 1. The van der Waals surface area contributed by atoms with Crippen LogP contribution in [0.5, 0.6) is 5.75 Å². The molecule has 1 aromatic carbocycles. The Morgan fingerprint density at radius 1 is 1.25 bits per heavy atom. The second-order valence-electron chi connectivity index (χ2n) is 5.50. The number of carboxylic acid groups (broad SMARTS) is 1. The van der Waals surface area contributed by atoms with E-state index in [-0.39, 0.29) is 28.5 Å². The van der Waals surface area contributed by atoms with Crippen molar-refractivity contribution in [2.45, 2.75) is 31.2 Å². The summed E-state index contributed by atoms with van der Waals surface area (Å²) in [5.74, 6) is -2.04. The van der Waals surface area contributed by atoms with E-state index in [0.29, 0.717) is 0 Å². The summed E-state index contributed by atoms with van der Waals surface area (Å²) in [4.78, 5) is 22.6. The summed E-state index contributed by atoms with van der Waals surface area (Å²) in [5, 5.41) is 9.21. The molecule has 0 heterocycles. The molecule has 9 heteroatoms. The number of aliphatic carboxylic acids is 1. The van der Waals surface area contributed by atoms with Gasteiger partial charge in [0.1, 0.15) is 16.7 Å². The smallest absolute Gasteiger partial charge is 0.337 e. The van der Waals surface area contributed by atoms with E-state index in [0.717, 1.165) is 6.07 Å².